The van der Waals surface area contributed by atoms with Gasteiger partial charge in [-0.2, -0.15) is 0 Å². The van der Waals surface area contributed by atoms with Gasteiger partial charge >= 0.3 is 0 Å². The van der Waals surface area contributed by atoms with Crippen LogP contribution in [0.2, 0.25) is 0 Å². The number of ether oxygens (including phenoxy) is 2. The fraction of sp³-hybridized carbons (Fsp3) is 0.400. The van der Waals surface area contributed by atoms with Gasteiger partial charge in [0.2, 0.25) is 0 Å². The number of carbonyl (C=O) groups is 1. The maximum Gasteiger partial charge on any atom is 0.253 e. The maximum atomic E-state index is 12.9. The van der Waals surface area contributed by atoms with E-state index in [2.05, 4.69) is 4.98 Å². The average molecular weight is 371 g/mol. The molecule has 1 saturated heterocycles. The molecule has 0 spiro atoms. The van der Waals surface area contributed by atoms with Crippen molar-refractivity contribution in [3.05, 3.63) is 53.9 Å². The Balaban J connectivity index is 1.70. The lowest BCUT2D eigenvalue weighted by atomic mass is 9.85. The molecule has 27 heavy (non-hydrogen) atoms. The average Bonchev–Trinajstić information content (AvgIpc) is 2.72. The van der Waals surface area contributed by atoms with Gasteiger partial charge in [-0.3, -0.25) is 9.78 Å². The van der Waals surface area contributed by atoms with E-state index in [0.29, 0.717) is 56.1 Å². The van der Waals surface area contributed by atoms with Crippen LogP contribution in [0.5, 0.6) is 11.5 Å². The number of hydrogen-bond acceptors (Lipinski definition) is 6. The van der Waals surface area contributed by atoms with Crippen LogP contribution in [0.4, 0.5) is 0 Å². The fourth-order valence-corrected chi connectivity index (χ4v) is 3.28. The van der Waals surface area contributed by atoms with Gasteiger partial charge in [0.25, 0.3) is 5.91 Å². The number of pyridine rings is 1. The van der Waals surface area contributed by atoms with Gasteiger partial charge in [-0.15, -0.1) is 0 Å². The first-order chi connectivity index (χ1) is 13.1. The van der Waals surface area contributed by atoms with E-state index in [1.807, 2.05) is 12.1 Å². The lowest BCUT2D eigenvalue weighted by Gasteiger charge is -2.38. The number of piperidine rings is 1. The summed E-state index contributed by atoms with van der Waals surface area (Å²) in [6.45, 7) is 1.65. The number of nitrogens with zero attached hydrogens (tertiary/aromatic N) is 2. The highest BCUT2D eigenvalue weighted by Gasteiger charge is 2.35. The first kappa shape index (κ1) is 19.1. The van der Waals surface area contributed by atoms with Crippen LogP contribution < -0.4 is 15.2 Å². The van der Waals surface area contributed by atoms with Crippen LogP contribution >= 0.6 is 0 Å². The number of hydrogen-bond donors (Lipinski definition) is 2. The van der Waals surface area contributed by atoms with Gasteiger partial charge < -0.3 is 25.2 Å². The number of amides is 1. The van der Waals surface area contributed by atoms with Crippen molar-refractivity contribution in [3.8, 4) is 11.5 Å². The molecular weight excluding hydrogens is 346 g/mol. The van der Waals surface area contributed by atoms with E-state index >= 15 is 0 Å². The second kappa shape index (κ2) is 8.37. The predicted octanol–water partition coefficient (Wildman–Crippen LogP) is 1.55. The summed E-state index contributed by atoms with van der Waals surface area (Å²) in [4.78, 5) is 18.7. The van der Waals surface area contributed by atoms with Gasteiger partial charge in [0.1, 0.15) is 6.61 Å². The molecule has 144 valence electrons. The van der Waals surface area contributed by atoms with E-state index < -0.39 is 5.60 Å². The second-order valence-corrected chi connectivity index (χ2v) is 6.57. The Hall–Kier alpha value is -2.64. The van der Waals surface area contributed by atoms with Gasteiger partial charge in [0, 0.05) is 43.2 Å². The topological polar surface area (TPSA) is 97.9 Å². The molecule has 3 rings (SSSR count). The monoisotopic (exact) mass is 371 g/mol. The van der Waals surface area contributed by atoms with Crippen LogP contribution in [0.3, 0.4) is 0 Å². The summed E-state index contributed by atoms with van der Waals surface area (Å²) in [6, 6.07) is 8.80. The minimum absolute atomic E-state index is 0.0940. The van der Waals surface area contributed by atoms with Crippen molar-refractivity contribution in [2.75, 3.05) is 33.4 Å². The molecule has 0 atom stereocenters. The van der Waals surface area contributed by atoms with Crippen molar-refractivity contribution in [2.45, 2.75) is 18.4 Å². The molecule has 1 aliphatic heterocycles. The molecule has 7 heteroatoms. The normalized spacial score (nSPS) is 16.0. The number of aromatic nitrogens is 1. The summed E-state index contributed by atoms with van der Waals surface area (Å²) in [5, 5.41) is 10.9. The Kier molecular flexibility index (Phi) is 5.93. The van der Waals surface area contributed by atoms with Gasteiger partial charge in [0.15, 0.2) is 11.5 Å². The highest BCUT2D eigenvalue weighted by Crippen LogP contribution is 2.33. The molecule has 0 radical (unpaired) electrons. The summed E-state index contributed by atoms with van der Waals surface area (Å²) in [5.74, 6) is 0.964. The molecule has 1 aromatic heterocycles. The van der Waals surface area contributed by atoms with E-state index in [9.17, 15) is 9.90 Å². The molecule has 2 heterocycles. The third-order valence-electron chi connectivity index (χ3n) is 4.86. The van der Waals surface area contributed by atoms with Crippen LogP contribution in [0.1, 0.15) is 28.8 Å². The van der Waals surface area contributed by atoms with E-state index in [-0.39, 0.29) is 5.91 Å². The lowest BCUT2D eigenvalue weighted by Crippen LogP contribution is -2.45. The molecule has 1 aromatic carbocycles. The van der Waals surface area contributed by atoms with Crippen LogP contribution in [0.15, 0.2) is 42.7 Å². The summed E-state index contributed by atoms with van der Waals surface area (Å²) >= 11 is 0. The van der Waals surface area contributed by atoms with Gasteiger partial charge in [-0.1, -0.05) is 6.07 Å². The summed E-state index contributed by atoms with van der Waals surface area (Å²) < 4.78 is 10.8. The fourth-order valence-electron chi connectivity index (χ4n) is 3.28. The van der Waals surface area contributed by atoms with Crippen LogP contribution in [0.25, 0.3) is 0 Å². The maximum absolute atomic E-state index is 12.9. The van der Waals surface area contributed by atoms with Crippen LogP contribution in [-0.2, 0) is 5.60 Å². The van der Waals surface area contributed by atoms with E-state index in [4.69, 9.17) is 15.2 Å². The quantitative estimate of drug-likeness (QED) is 0.800. The van der Waals surface area contributed by atoms with Gasteiger partial charge in [-0.05, 0) is 37.1 Å². The Morgan fingerprint density at radius 3 is 2.70 bits per heavy atom. The highest BCUT2D eigenvalue weighted by molar-refractivity contribution is 5.95. The van der Waals surface area contributed by atoms with Crippen LogP contribution in [-0.4, -0.2) is 54.2 Å². The van der Waals surface area contributed by atoms with Crippen molar-refractivity contribution in [3.63, 3.8) is 0 Å². The number of aliphatic hydroxyl groups is 1. The minimum Gasteiger partial charge on any atom is -0.493 e. The molecule has 1 amide bonds. The number of likely N-dealkylation sites (tertiary alicyclic amines) is 1. The number of methoxy groups -OCH3 is 1. The standard InChI is InChI=1S/C20H25N3O4/c1-26-17-5-4-15(13-18(17)27-12-8-21)19(24)23-10-6-20(25,7-11-23)16-3-2-9-22-14-16/h2-5,9,13-14,25H,6-8,10-12,21H2,1H3. The van der Waals surface area contributed by atoms with E-state index in [0.717, 1.165) is 5.56 Å². The Morgan fingerprint density at radius 2 is 2.07 bits per heavy atom. The zero-order valence-electron chi connectivity index (χ0n) is 15.4. The molecular formula is C20H25N3O4. The first-order valence-electron chi connectivity index (χ1n) is 9.00. The molecule has 0 bridgehead atoms. The third-order valence-corrected chi connectivity index (χ3v) is 4.86. The summed E-state index contributed by atoms with van der Waals surface area (Å²) in [5.41, 5.74) is 5.86. The molecule has 0 unspecified atom stereocenters. The van der Waals surface area contributed by atoms with Crippen LogP contribution in [0, 0.1) is 0 Å². The number of rotatable bonds is 6. The van der Waals surface area contributed by atoms with Crippen molar-refractivity contribution < 1.29 is 19.4 Å². The van der Waals surface area contributed by atoms with E-state index in [1.165, 1.54) is 0 Å². The van der Waals surface area contributed by atoms with Gasteiger partial charge in [0.05, 0.1) is 12.7 Å². The summed E-state index contributed by atoms with van der Waals surface area (Å²) in [6.07, 6.45) is 4.30. The molecule has 0 aliphatic carbocycles. The Labute approximate surface area is 158 Å². The molecule has 0 saturated carbocycles. The molecule has 1 aliphatic rings. The minimum atomic E-state index is -0.944. The molecule has 2 aromatic rings. The number of benzene rings is 1. The zero-order valence-corrected chi connectivity index (χ0v) is 15.4. The zero-order chi connectivity index (χ0) is 19.3. The van der Waals surface area contributed by atoms with Crippen molar-refractivity contribution in [2.24, 2.45) is 5.73 Å². The smallest absolute Gasteiger partial charge is 0.253 e. The van der Waals surface area contributed by atoms with Crippen molar-refractivity contribution in [1.82, 2.24) is 9.88 Å². The first-order valence-corrected chi connectivity index (χ1v) is 9.00. The lowest BCUT2D eigenvalue weighted by molar-refractivity contribution is -0.0213. The number of carbonyl (C=O) groups excluding carboxylic acids is 1. The van der Waals surface area contributed by atoms with Crippen molar-refractivity contribution >= 4 is 5.91 Å². The van der Waals surface area contributed by atoms with Crippen molar-refractivity contribution in [1.29, 1.82) is 0 Å². The summed E-state index contributed by atoms with van der Waals surface area (Å²) in [7, 11) is 1.55. The van der Waals surface area contributed by atoms with Gasteiger partial charge in [-0.25, -0.2) is 0 Å². The second-order valence-electron chi connectivity index (χ2n) is 6.57. The predicted molar refractivity (Wildman–Crippen MR) is 101 cm³/mol. The Bertz CT molecular complexity index is 774. The molecule has 1 fully saturated rings. The largest absolute Gasteiger partial charge is 0.493 e. The SMILES string of the molecule is COc1ccc(C(=O)N2CCC(O)(c3cccnc3)CC2)cc1OCCN. The molecule has 7 nitrogen and oxygen atoms in total. The third kappa shape index (κ3) is 4.20. The molecule has 3 N–H and O–H groups in total. The van der Waals surface area contributed by atoms with E-state index in [1.54, 1.807) is 42.6 Å². The number of nitrogens with two attached hydrogens (primary N) is 1. The highest BCUT2D eigenvalue weighted by atomic mass is 16.5. The Morgan fingerprint density at radius 1 is 1.30 bits per heavy atom.